The molecule has 3 heterocycles. The Morgan fingerprint density at radius 2 is 1.47 bits per heavy atom. The molecule has 275 valence electrons. The van der Waals surface area contributed by atoms with Gasteiger partial charge in [-0.25, -0.2) is 4.98 Å². The smallest absolute Gasteiger partial charge is 0.164 e. The first kappa shape index (κ1) is 41.7. The van der Waals surface area contributed by atoms with E-state index >= 15 is 0 Å². The Hall–Kier alpha value is -3.67. The van der Waals surface area contributed by atoms with Gasteiger partial charge in [0.2, 0.25) is 0 Å². The Labute approximate surface area is 319 Å². The monoisotopic (exact) mass is 867 g/mol. The maximum Gasteiger partial charge on any atom is 0.164 e. The van der Waals surface area contributed by atoms with Gasteiger partial charge in [-0.1, -0.05) is 105 Å². The molecule has 0 saturated carbocycles. The molecule has 0 saturated heterocycles. The molecular weight excluding hydrogens is 811 g/mol. The molecule has 0 atom stereocenters. The summed E-state index contributed by atoms with van der Waals surface area (Å²) in [7, 11) is 0. The molecule has 0 fully saturated rings. The van der Waals surface area contributed by atoms with Crippen LogP contribution in [0.15, 0.2) is 77.4 Å². The Bertz CT molecular complexity index is 1960. The van der Waals surface area contributed by atoms with Crippen LogP contribution in [0.4, 0.5) is 0 Å². The van der Waals surface area contributed by atoms with Crippen LogP contribution in [0.2, 0.25) is 0 Å². The number of ketones is 1. The van der Waals surface area contributed by atoms with Crippen LogP contribution in [0.25, 0.3) is 44.4 Å². The fourth-order valence-electron chi connectivity index (χ4n) is 6.02. The molecule has 0 unspecified atom stereocenters. The molecule has 2 aromatic carbocycles. The number of carbonyl (C=O) groups excluding carboxylic acids is 1. The second-order valence-electron chi connectivity index (χ2n) is 15.5. The minimum Gasteiger partial charge on any atom is -0.512 e. The molecule has 0 spiro atoms. The van der Waals surface area contributed by atoms with Crippen molar-refractivity contribution < 1.29 is 34.4 Å². The van der Waals surface area contributed by atoms with Crippen LogP contribution >= 0.6 is 0 Å². The Morgan fingerprint density at radius 3 is 2.08 bits per heavy atom. The number of furan rings is 1. The first-order valence-electron chi connectivity index (χ1n) is 18.2. The average molecular weight is 867 g/mol. The average Bonchev–Trinajstić information content (AvgIpc) is 3.59. The topological polar surface area (TPSA) is 89.1 Å². The number of aromatic nitrogens is 3. The molecule has 0 amide bonds. The van der Waals surface area contributed by atoms with Gasteiger partial charge in [0.25, 0.3) is 0 Å². The number of fused-ring (bicyclic) bond motifs is 2. The van der Waals surface area contributed by atoms with Crippen LogP contribution < -0.4 is 0 Å². The first-order chi connectivity index (χ1) is 23.6. The third kappa shape index (κ3) is 9.61. The van der Waals surface area contributed by atoms with E-state index < -0.39 is 0 Å². The number of aliphatic hydroxyl groups excluding tert-OH is 1. The van der Waals surface area contributed by atoms with Crippen molar-refractivity contribution in [2.75, 3.05) is 0 Å². The largest absolute Gasteiger partial charge is 0.512 e. The molecule has 5 aromatic rings. The van der Waals surface area contributed by atoms with Crippen molar-refractivity contribution in [2.24, 2.45) is 16.7 Å². The zero-order chi connectivity index (χ0) is 36.9. The Balaban J connectivity index is 0.000000335. The van der Waals surface area contributed by atoms with E-state index in [2.05, 4.69) is 81.0 Å². The van der Waals surface area contributed by atoms with Crippen LogP contribution in [-0.2, 0) is 36.7 Å². The van der Waals surface area contributed by atoms with Gasteiger partial charge in [0, 0.05) is 54.2 Å². The van der Waals surface area contributed by atoms with Crippen LogP contribution in [0.5, 0.6) is 0 Å². The number of pyridine rings is 1. The first-order valence-corrected chi connectivity index (χ1v) is 18.2. The maximum absolute atomic E-state index is 12.2. The molecule has 0 aliphatic heterocycles. The van der Waals surface area contributed by atoms with E-state index in [1.165, 1.54) is 17.0 Å². The van der Waals surface area contributed by atoms with Gasteiger partial charge < -0.3 is 9.52 Å². The summed E-state index contributed by atoms with van der Waals surface area (Å²) < 4.78 is 5.73. The van der Waals surface area contributed by atoms with Crippen LogP contribution in [0, 0.1) is 22.8 Å². The summed E-state index contributed by atoms with van der Waals surface area (Å²) in [5.74, 6) is 0.781. The molecular formula is C44H56IrN3O3-. The van der Waals surface area contributed by atoms with Crippen molar-refractivity contribution in [3.05, 3.63) is 90.3 Å². The molecule has 1 radical (unpaired) electrons. The number of benzene rings is 2. The van der Waals surface area contributed by atoms with Crippen molar-refractivity contribution >= 4 is 27.5 Å². The number of rotatable bonds is 11. The predicted molar refractivity (Wildman–Crippen MR) is 207 cm³/mol. The van der Waals surface area contributed by atoms with Gasteiger partial charge in [0.05, 0.1) is 23.3 Å². The van der Waals surface area contributed by atoms with Crippen molar-refractivity contribution in [1.82, 2.24) is 15.0 Å². The second-order valence-corrected chi connectivity index (χ2v) is 15.5. The minimum absolute atomic E-state index is 0. The molecule has 0 bridgehead atoms. The van der Waals surface area contributed by atoms with Gasteiger partial charge in [-0.3, -0.25) is 14.8 Å². The molecule has 1 N–H and O–H groups in total. The third-order valence-electron chi connectivity index (χ3n) is 10.5. The molecule has 6 nitrogen and oxygen atoms in total. The number of allylic oxidation sites excluding steroid dienone is 2. The van der Waals surface area contributed by atoms with Gasteiger partial charge in [-0.05, 0) is 55.6 Å². The van der Waals surface area contributed by atoms with Gasteiger partial charge in [-0.2, -0.15) is 0 Å². The fraction of sp³-hybridized carbons (Fsp3) is 0.455. The number of aliphatic hydroxyl groups is 1. The van der Waals surface area contributed by atoms with E-state index in [4.69, 9.17) is 9.40 Å². The molecule has 0 aliphatic rings. The van der Waals surface area contributed by atoms with Crippen molar-refractivity contribution in [1.29, 1.82) is 0 Å². The summed E-state index contributed by atoms with van der Waals surface area (Å²) in [4.78, 5) is 26.3. The van der Waals surface area contributed by atoms with E-state index in [1.807, 2.05) is 59.7 Å². The summed E-state index contributed by atoms with van der Waals surface area (Å²) in [6.45, 7) is 23.2. The second kappa shape index (κ2) is 17.2. The van der Waals surface area contributed by atoms with E-state index in [0.29, 0.717) is 5.92 Å². The number of nitrogens with zero attached hydrogens (tertiary/aromatic N) is 3. The summed E-state index contributed by atoms with van der Waals surface area (Å²) in [5, 5.41) is 13.5. The van der Waals surface area contributed by atoms with Gasteiger partial charge in [-0.15, -0.1) is 29.1 Å². The van der Waals surface area contributed by atoms with Crippen molar-refractivity contribution in [3.8, 4) is 22.6 Å². The van der Waals surface area contributed by atoms with E-state index in [-0.39, 0.29) is 47.9 Å². The maximum atomic E-state index is 12.2. The number of hydrogen-bond donors (Lipinski definition) is 1. The normalized spacial score (nSPS) is 12.5. The molecule has 7 heteroatoms. The number of carbonyl (C=O) groups is 1. The summed E-state index contributed by atoms with van der Waals surface area (Å²) in [6.07, 6.45) is 8.98. The summed E-state index contributed by atoms with van der Waals surface area (Å²) in [6, 6.07) is 20.2. The molecule has 3 aromatic heterocycles. The third-order valence-corrected chi connectivity index (χ3v) is 10.5. The van der Waals surface area contributed by atoms with Crippen LogP contribution in [0.3, 0.4) is 0 Å². The van der Waals surface area contributed by atoms with Gasteiger partial charge in [0.1, 0.15) is 17.7 Å². The van der Waals surface area contributed by atoms with E-state index in [1.54, 1.807) is 12.6 Å². The molecule has 51 heavy (non-hydrogen) atoms. The van der Waals surface area contributed by atoms with Crippen LogP contribution in [-0.4, -0.2) is 25.8 Å². The molecule has 5 rings (SSSR count). The van der Waals surface area contributed by atoms with E-state index in [0.717, 1.165) is 76.8 Å². The fourth-order valence-corrected chi connectivity index (χ4v) is 6.02. The Morgan fingerprint density at radius 1 is 0.843 bits per heavy atom. The van der Waals surface area contributed by atoms with E-state index in [9.17, 15) is 9.90 Å². The predicted octanol–water partition coefficient (Wildman–Crippen LogP) is 12.0. The summed E-state index contributed by atoms with van der Waals surface area (Å²) >= 11 is 0. The zero-order valence-corrected chi connectivity index (χ0v) is 34.8. The quantitative estimate of drug-likeness (QED) is 0.0808. The van der Waals surface area contributed by atoms with Gasteiger partial charge in [0.15, 0.2) is 5.78 Å². The molecule has 0 aliphatic carbocycles. The Kier molecular flexibility index (Phi) is 14.1. The SMILES string of the molecule is CC(C)Cc1nc(-c2cc(-c3[c-]c4ccccc4c(C(C)(C)C)c3)ncn2)cc2occc12.CCC(C)(CC)C(=O)/C=C(\O)C(C)(CC)CC.[Ir]. The van der Waals surface area contributed by atoms with Crippen molar-refractivity contribution in [3.63, 3.8) is 0 Å². The zero-order valence-electron chi connectivity index (χ0n) is 32.4. The van der Waals surface area contributed by atoms with Gasteiger partial charge >= 0.3 is 0 Å². The minimum atomic E-state index is -0.337. The van der Waals surface area contributed by atoms with Crippen molar-refractivity contribution in [2.45, 2.75) is 114 Å². The standard InChI is InChI=1S/C29H28N3O.C15H28O2.Ir/c1-18(2)12-25-22-10-11-33-28(22)16-27(32-25)26-15-24(30-17-31-26)20-13-19-8-6-7-9-21(19)23(14-20)29(3,4)5;1-7-14(5,8-2)12(16)11-13(17)15(6,9-3)10-4;/h6-11,14-18H,12H2,1-5H3;11,16H,7-10H2,1-6H3;/q-1;;/b;12-11-;. The summed E-state index contributed by atoms with van der Waals surface area (Å²) in [5.41, 5.74) is 5.93. The van der Waals surface area contributed by atoms with Crippen LogP contribution in [0.1, 0.15) is 113 Å². The number of hydrogen-bond acceptors (Lipinski definition) is 6.